The Labute approximate surface area is 157 Å². The first-order chi connectivity index (χ1) is 11.5. The van der Waals surface area contributed by atoms with Gasteiger partial charge in [-0.05, 0) is 25.5 Å². The molecule has 25 heavy (non-hydrogen) atoms. The molecule has 0 aliphatic heterocycles. The molecule has 2 rings (SSSR count). The molecule has 0 spiro atoms. The van der Waals surface area contributed by atoms with Crippen LogP contribution in [-0.4, -0.2) is 23.7 Å². The Balaban J connectivity index is 0.00000312. The standard InChI is InChI=1S/C17H21ClFN3O2.ClH/c1-3-4-6-11(9-20)21-17(23)14-10(2)24-22-16(14)15-12(18)7-5-8-13(15)19;/h5,7-8,11H,3-4,6,9,20H2,1-2H3,(H,21,23);1H. The zero-order valence-corrected chi connectivity index (χ0v) is 15.7. The number of benzene rings is 1. The molecule has 0 radical (unpaired) electrons. The summed E-state index contributed by atoms with van der Waals surface area (Å²) in [5, 5.41) is 6.86. The van der Waals surface area contributed by atoms with Gasteiger partial charge >= 0.3 is 0 Å². The number of nitrogens with two attached hydrogens (primary N) is 1. The van der Waals surface area contributed by atoms with Crippen LogP contribution < -0.4 is 11.1 Å². The Morgan fingerprint density at radius 1 is 1.48 bits per heavy atom. The predicted molar refractivity (Wildman–Crippen MR) is 98.7 cm³/mol. The summed E-state index contributed by atoms with van der Waals surface area (Å²) in [5.41, 5.74) is 6.04. The number of hydrogen-bond donors (Lipinski definition) is 2. The fourth-order valence-corrected chi connectivity index (χ4v) is 2.74. The van der Waals surface area contributed by atoms with Crippen LogP contribution in [0.1, 0.15) is 42.3 Å². The highest BCUT2D eigenvalue weighted by atomic mass is 35.5. The van der Waals surface area contributed by atoms with Crippen molar-refractivity contribution in [2.45, 2.75) is 39.2 Å². The van der Waals surface area contributed by atoms with E-state index in [1.165, 1.54) is 18.2 Å². The molecule has 0 aliphatic carbocycles. The third-order valence-electron chi connectivity index (χ3n) is 3.82. The third-order valence-corrected chi connectivity index (χ3v) is 4.13. The van der Waals surface area contributed by atoms with Crippen LogP contribution in [0.15, 0.2) is 22.7 Å². The van der Waals surface area contributed by atoms with Crippen LogP contribution in [0.2, 0.25) is 5.02 Å². The van der Waals surface area contributed by atoms with Crippen LogP contribution in [-0.2, 0) is 0 Å². The van der Waals surface area contributed by atoms with Crippen molar-refractivity contribution in [3.63, 3.8) is 0 Å². The average molecular weight is 390 g/mol. The molecule has 1 aromatic heterocycles. The SMILES string of the molecule is CCCCC(CN)NC(=O)c1c(-c2c(F)cccc2Cl)noc1C.Cl. The first kappa shape index (κ1) is 21.4. The molecular weight excluding hydrogens is 368 g/mol. The number of carbonyl (C=O) groups is 1. The van der Waals surface area contributed by atoms with Crippen LogP contribution >= 0.6 is 24.0 Å². The number of unbranched alkanes of at least 4 members (excludes halogenated alkanes) is 1. The summed E-state index contributed by atoms with van der Waals surface area (Å²) in [4.78, 5) is 12.6. The number of hydrogen-bond acceptors (Lipinski definition) is 4. The van der Waals surface area contributed by atoms with E-state index in [2.05, 4.69) is 17.4 Å². The first-order valence-corrected chi connectivity index (χ1v) is 8.28. The van der Waals surface area contributed by atoms with Crippen LogP contribution in [0.25, 0.3) is 11.3 Å². The maximum Gasteiger partial charge on any atom is 0.257 e. The molecule has 2 aromatic rings. The monoisotopic (exact) mass is 389 g/mol. The second kappa shape index (κ2) is 9.75. The van der Waals surface area contributed by atoms with Gasteiger partial charge in [0.15, 0.2) is 0 Å². The Bertz CT molecular complexity index is 702. The van der Waals surface area contributed by atoms with Crippen molar-refractivity contribution in [3.8, 4) is 11.3 Å². The maximum absolute atomic E-state index is 14.2. The van der Waals surface area contributed by atoms with Gasteiger partial charge in [0.1, 0.15) is 22.8 Å². The molecule has 8 heteroatoms. The number of rotatable bonds is 7. The van der Waals surface area contributed by atoms with E-state index in [0.717, 1.165) is 19.3 Å². The lowest BCUT2D eigenvalue weighted by molar-refractivity contribution is 0.0935. The number of nitrogens with zero attached hydrogens (tertiary/aromatic N) is 1. The van der Waals surface area contributed by atoms with E-state index in [1.54, 1.807) is 6.92 Å². The maximum atomic E-state index is 14.2. The zero-order valence-electron chi connectivity index (χ0n) is 14.1. The molecule has 0 bridgehead atoms. The largest absolute Gasteiger partial charge is 0.360 e. The third kappa shape index (κ3) is 4.93. The van der Waals surface area contributed by atoms with Gasteiger partial charge in [-0.3, -0.25) is 4.79 Å². The van der Waals surface area contributed by atoms with Gasteiger partial charge < -0.3 is 15.6 Å². The van der Waals surface area contributed by atoms with Crippen molar-refractivity contribution < 1.29 is 13.7 Å². The summed E-state index contributed by atoms with van der Waals surface area (Å²) in [7, 11) is 0. The molecule has 138 valence electrons. The molecule has 0 saturated heterocycles. The van der Waals surface area contributed by atoms with Crippen molar-refractivity contribution >= 4 is 29.9 Å². The Kier molecular flexibility index (Phi) is 8.35. The van der Waals surface area contributed by atoms with E-state index in [4.69, 9.17) is 21.9 Å². The number of amides is 1. The summed E-state index contributed by atoms with van der Waals surface area (Å²) in [6.07, 6.45) is 2.74. The van der Waals surface area contributed by atoms with Crippen LogP contribution in [0.4, 0.5) is 4.39 Å². The van der Waals surface area contributed by atoms with Crippen molar-refractivity contribution in [3.05, 3.63) is 40.4 Å². The highest BCUT2D eigenvalue weighted by Gasteiger charge is 2.26. The molecule has 1 aromatic carbocycles. The van der Waals surface area contributed by atoms with E-state index in [1.807, 2.05) is 0 Å². The van der Waals surface area contributed by atoms with Crippen molar-refractivity contribution in [2.24, 2.45) is 5.73 Å². The fourth-order valence-electron chi connectivity index (χ4n) is 2.49. The van der Waals surface area contributed by atoms with Gasteiger partial charge in [-0.25, -0.2) is 4.39 Å². The predicted octanol–water partition coefficient (Wildman–Crippen LogP) is 4.11. The minimum absolute atomic E-state index is 0. The summed E-state index contributed by atoms with van der Waals surface area (Å²) in [6.45, 7) is 3.99. The minimum Gasteiger partial charge on any atom is -0.360 e. The Morgan fingerprint density at radius 2 is 2.20 bits per heavy atom. The van der Waals surface area contributed by atoms with E-state index in [-0.39, 0.29) is 40.3 Å². The molecule has 1 amide bonds. The number of aromatic nitrogens is 1. The second-order valence-corrected chi connectivity index (χ2v) is 6.01. The van der Waals surface area contributed by atoms with Gasteiger partial charge in [-0.1, -0.05) is 42.6 Å². The summed E-state index contributed by atoms with van der Waals surface area (Å²) < 4.78 is 19.3. The van der Waals surface area contributed by atoms with Crippen LogP contribution in [0, 0.1) is 12.7 Å². The van der Waals surface area contributed by atoms with Gasteiger partial charge in [0.25, 0.3) is 5.91 Å². The summed E-state index contributed by atoms with van der Waals surface area (Å²) in [6, 6.07) is 4.13. The topological polar surface area (TPSA) is 81.1 Å². The smallest absolute Gasteiger partial charge is 0.257 e. The number of nitrogens with one attached hydrogen (secondary N) is 1. The van der Waals surface area contributed by atoms with E-state index in [0.29, 0.717) is 12.3 Å². The van der Waals surface area contributed by atoms with Crippen molar-refractivity contribution in [1.29, 1.82) is 0 Å². The molecule has 0 aliphatic rings. The minimum atomic E-state index is -0.564. The molecule has 1 unspecified atom stereocenters. The average Bonchev–Trinajstić information content (AvgIpc) is 2.92. The number of halogens is 3. The summed E-state index contributed by atoms with van der Waals surface area (Å²) >= 11 is 6.08. The van der Waals surface area contributed by atoms with Crippen LogP contribution in [0.5, 0.6) is 0 Å². The van der Waals surface area contributed by atoms with Crippen molar-refractivity contribution in [1.82, 2.24) is 10.5 Å². The highest BCUT2D eigenvalue weighted by molar-refractivity contribution is 6.33. The van der Waals surface area contributed by atoms with Crippen molar-refractivity contribution in [2.75, 3.05) is 6.54 Å². The summed E-state index contributed by atoms with van der Waals surface area (Å²) in [5.74, 6) is -0.658. The molecule has 0 saturated carbocycles. The first-order valence-electron chi connectivity index (χ1n) is 7.91. The lowest BCUT2D eigenvalue weighted by atomic mass is 10.0. The van der Waals surface area contributed by atoms with E-state index in [9.17, 15) is 9.18 Å². The molecular formula is C17H22Cl2FN3O2. The Hall–Kier alpha value is -1.63. The second-order valence-electron chi connectivity index (χ2n) is 5.61. The van der Waals surface area contributed by atoms with Gasteiger partial charge in [0.05, 0.1) is 10.6 Å². The van der Waals surface area contributed by atoms with E-state index < -0.39 is 11.7 Å². The normalized spacial score (nSPS) is 11.7. The van der Waals surface area contributed by atoms with E-state index >= 15 is 0 Å². The van der Waals surface area contributed by atoms with Gasteiger partial charge in [-0.15, -0.1) is 12.4 Å². The fraction of sp³-hybridized carbons (Fsp3) is 0.412. The molecule has 3 N–H and O–H groups in total. The quantitative estimate of drug-likeness (QED) is 0.746. The number of carbonyl (C=O) groups excluding carboxylic acids is 1. The van der Waals surface area contributed by atoms with Gasteiger partial charge in [-0.2, -0.15) is 0 Å². The zero-order chi connectivity index (χ0) is 17.7. The lowest BCUT2D eigenvalue weighted by Gasteiger charge is -2.16. The highest BCUT2D eigenvalue weighted by Crippen LogP contribution is 2.33. The van der Waals surface area contributed by atoms with Gasteiger partial charge in [0, 0.05) is 12.6 Å². The molecule has 1 heterocycles. The molecule has 1 atom stereocenters. The molecule has 5 nitrogen and oxygen atoms in total. The lowest BCUT2D eigenvalue weighted by Crippen LogP contribution is -2.40. The molecule has 0 fully saturated rings. The Morgan fingerprint density at radius 3 is 2.80 bits per heavy atom. The van der Waals surface area contributed by atoms with Crippen LogP contribution in [0.3, 0.4) is 0 Å². The number of aryl methyl sites for hydroxylation is 1. The van der Waals surface area contributed by atoms with Gasteiger partial charge in [0.2, 0.25) is 0 Å².